The molecule has 3 rings (SSSR count). The molecule has 0 aliphatic heterocycles. The van der Waals surface area contributed by atoms with Crippen molar-refractivity contribution in [1.82, 2.24) is 0 Å². The Hall–Kier alpha value is -3.21. The van der Waals surface area contributed by atoms with Gasteiger partial charge in [-0.1, -0.05) is 29.8 Å². The first-order chi connectivity index (χ1) is 13.9. The summed E-state index contributed by atoms with van der Waals surface area (Å²) in [5, 5.41) is 0. The van der Waals surface area contributed by atoms with Crippen LogP contribution in [0.25, 0.3) is 0 Å². The summed E-state index contributed by atoms with van der Waals surface area (Å²) in [5.74, 6) is -0.714. The quantitative estimate of drug-likeness (QED) is 0.457. The van der Waals surface area contributed by atoms with E-state index in [0.29, 0.717) is 29.0 Å². The molecule has 5 heteroatoms. The standard InChI is InChI=1S/C24H22F2O3/c1-16-6-10-20(11-7-16)29-21-5-3-4-19(12-21)15-28-24-22(25)13-18(14-23(24)26)9-8-17(2)27/h3-7,10-14H,8-9,15H2,1-2H3. The van der Waals surface area contributed by atoms with Gasteiger partial charge in [0.25, 0.3) is 0 Å². The second-order valence-electron chi connectivity index (χ2n) is 6.94. The number of Topliss-reactive ketones (excluding diaryl/α,β-unsaturated/α-hetero) is 1. The molecule has 0 atom stereocenters. The van der Waals surface area contributed by atoms with Crippen molar-refractivity contribution in [2.45, 2.75) is 33.3 Å². The molecule has 3 nitrogen and oxygen atoms in total. The zero-order valence-electron chi connectivity index (χ0n) is 16.4. The van der Waals surface area contributed by atoms with Crippen molar-refractivity contribution >= 4 is 5.78 Å². The molecule has 0 spiro atoms. The summed E-state index contributed by atoms with van der Waals surface area (Å²) in [7, 11) is 0. The van der Waals surface area contributed by atoms with Gasteiger partial charge < -0.3 is 14.3 Å². The highest BCUT2D eigenvalue weighted by Crippen LogP contribution is 2.27. The summed E-state index contributed by atoms with van der Waals surface area (Å²) in [6.45, 7) is 3.43. The second kappa shape index (κ2) is 9.32. The van der Waals surface area contributed by atoms with Gasteiger partial charge in [-0.05, 0) is 67.8 Å². The third kappa shape index (κ3) is 5.88. The lowest BCUT2D eigenvalue weighted by atomic mass is 10.1. The molecule has 0 aromatic heterocycles. The van der Waals surface area contributed by atoms with Crippen molar-refractivity contribution in [3.8, 4) is 17.2 Å². The van der Waals surface area contributed by atoms with E-state index >= 15 is 0 Å². The fourth-order valence-electron chi connectivity index (χ4n) is 2.81. The Labute approximate surface area is 168 Å². The summed E-state index contributed by atoms with van der Waals surface area (Å²) in [6.07, 6.45) is 0.536. The first kappa shape index (κ1) is 20.5. The average Bonchev–Trinajstić information content (AvgIpc) is 2.68. The summed E-state index contributed by atoms with van der Waals surface area (Å²) in [4.78, 5) is 11.0. The van der Waals surface area contributed by atoms with Gasteiger partial charge in [0, 0.05) is 6.42 Å². The molecule has 0 saturated carbocycles. The number of ether oxygens (including phenoxy) is 2. The van der Waals surface area contributed by atoms with Crippen molar-refractivity contribution < 1.29 is 23.0 Å². The number of halogens is 2. The topological polar surface area (TPSA) is 35.5 Å². The van der Waals surface area contributed by atoms with Crippen molar-refractivity contribution in [2.75, 3.05) is 0 Å². The molecule has 0 amide bonds. The summed E-state index contributed by atoms with van der Waals surface area (Å²) >= 11 is 0. The van der Waals surface area contributed by atoms with Gasteiger partial charge in [0.15, 0.2) is 17.4 Å². The highest BCUT2D eigenvalue weighted by Gasteiger charge is 2.13. The monoisotopic (exact) mass is 396 g/mol. The van der Waals surface area contributed by atoms with E-state index in [2.05, 4.69) is 0 Å². The Kier molecular flexibility index (Phi) is 6.60. The zero-order chi connectivity index (χ0) is 20.8. The van der Waals surface area contributed by atoms with Crippen LogP contribution in [0.5, 0.6) is 17.2 Å². The predicted octanol–water partition coefficient (Wildman–Crippen LogP) is 6.17. The third-order valence-electron chi connectivity index (χ3n) is 4.36. The third-order valence-corrected chi connectivity index (χ3v) is 4.36. The van der Waals surface area contributed by atoms with E-state index in [1.54, 1.807) is 24.3 Å². The lowest BCUT2D eigenvalue weighted by Crippen LogP contribution is -2.02. The summed E-state index contributed by atoms with van der Waals surface area (Å²) in [6, 6.07) is 17.2. The lowest BCUT2D eigenvalue weighted by molar-refractivity contribution is -0.116. The van der Waals surface area contributed by atoms with Gasteiger partial charge in [-0.25, -0.2) is 8.78 Å². The number of ketones is 1. The highest BCUT2D eigenvalue weighted by atomic mass is 19.1. The minimum absolute atomic E-state index is 0.00820. The highest BCUT2D eigenvalue weighted by molar-refractivity contribution is 5.75. The van der Waals surface area contributed by atoms with E-state index in [9.17, 15) is 13.6 Å². The van der Waals surface area contributed by atoms with Gasteiger partial charge in [-0.15, -0.1) is 0 Å². The smallest absolute Gasteiger partial charge is 0.191 e. The summed E-state index contributed by atoms with van der Waals surface area (Å²) < 4.78 is 39.7. The van der Waals surface area contributed by atoms with Crippen LogP contribution >= 0.6 is 0 Å². The molecule has 0 saturated heterocycles. The number of hydrogen-bond acceptors (Lipinski definition) is 3. The largest absolute Gasteiger partial charge is 0.483 e. The lowest BCUT2D eigenvalue weighted by Gasteiger charge is -2.11. The van der Waals surface area contributed by atoms with Gasteiger partial charge in [0.1, 0.15) is 23.9 Å². The van der Waals surface area contributed by atoms with Crippen LogP contribution in [-0.2, 0) is 17.8 Å². The van der Waals surface area contributed by atoms with Crippen LogP contribution in [-0.4, -0.2) is 5.78 Å². The maximum atomic E-state index is 14.3. The Balaban J connectivity index is 1.66. The Bertz CT molecular complexity index is 974. The van der Waals surface area contributed by atoms with E-state index in [1.807, 2.05) is 31.2 Å². The van der Waals surface area contributed by atoms with E-state index in [-0.39, 0.29) is 18.8 Å². The van der Waals surface area contributed by atoms with Gasteiger partial charge in [-0.3, -0.25) is 0 Å². The van der Waals surface area contributed by atoms with Crippen LogP contribution in [0, 0.1) is 18.6 Å². The van der Waals surface area contributed by atoms with Gasteiger partial charge in [0.05, 0.1) is 0 Å². The molecule has 3 aromatic rings. The van der Waals surface area contributed by atoms with Gasteiger partial charge >= 0.3 is 0 Å². The molecule has 0 heterocycles. The second-order valence-corrected chi connectivity index (χ2v) is 6.94. The van der Waals surface area contributed by atoms with Crippen LogP contribution in [0.15, 0.2) is 60.7 Å². The van der Waals surface area contributed by atoms with Crippen LogP contribution in [0.2, 0.25) is 0 Å². The molecule has 0 aliphatic carbocycles. The van der Waals surface area contributed by atoms with Crippen LogP contribution in [0.1, 0.15) is 30.0 Å². The first-order valence-electron chi connectivity index (χ1n) is 9.34. The molecule has 0 N–H and O–H groups in total. The predicted molar refractivity (Wildman–Crippen MR) is 107 cm³/mol. The maximum Gasteiger partial charge on any atom is 0.191 e. The van der Waals surface area contributed by atoms with Crippen molar-refractivity contribution in [3.63, 3.8) is 0 Å². The first-order valence-corrected chi connectivity index (χ1v) is 9.34. The van der Waals surface area contributed by atoms with Crippen LogP contribution < -0.4 is 9.47 Å². The average molecular weight is 396 g/mol. The molecular formula is C24H22F2O3. The SMILES string of the molecule is CC(=O)CCc1cc(F)c(OCc2cccc(Oc3ccc(C)cc3)c2)c(F)c1. The molecule has 0 unspecified atom stereocenters. The maximum absolute atomic E-state index is 14.3. The van der Waals surface area contributed by atoms with Crippen molar-refractivity contribution in [1.29, 1.82) is 0 Å². The molecule has 3 aromatic carbocycles. The Morgan fingerprint density at radius 1 is 0.897 bits per heavy atom. The van der Waals surface area contributed by atoms with Crippen molar-refractivity contribution in [2.24, 2.45) is 0 Å². The molecule has 0 bridgehead atoms. The number of carbonyl (C=O) groups is 1. The Morgan fingerprint density at radius 2 is 1.59 bits per heavy atom. The minimum atomic E-state index is -0.782. The molecular weight excluding hydrogens is 374 g/mol. The van der Waals surface area contributed by atoms with E-state index in [4.69, 9.17) is 9.47 Å². The fourth-order valence-corrected chi connectivity index (χ4v) is 2.81. The number of rotatable bonds is 8. The van der Waals surface area contributed by atoms with E-state index in [0.717, 1.165) is 5.56 Å². The fraction of sp³-hybridized carbons (Fsp3) is 0.208. The van der Waals surface area contributed by atoms with Gasteiger partial charge in [0.2, 0.25) is 0 Å². The van der Waals surface area contributed by atoms with E-state index in [1.165, 1.54) is 19.1 Å². The number of benzene rings is 3. The summed E-state index contributed by atoms with van der Waals surface area (Å²) in [5.41, 5.74) is 2.28. The molecule has 29 heavy (non-hydrogen) atoms. The Morgan fingerprint density at radius 3 is 2.24 bits per heavy atom. The normalized spacial score (nSPS) is 10.6. The van der Waals surface area contributed by atoms with Crippen LogP contribution in [0.4, 0.5) is 8.78 Å². The van der Waals surface area contributed by atoms with E-state index < -0.39 is 17.4 Å². The van der Waals surface area contributed by atoms with Crippen LogP contribution in [0.3, 0.4) is 0 Å². The van der Waals surface area contributed by atoms with Gasteiger partial charge in [-0.2, -0.15) is 0 Å². The molecule has 0 fully saturated rings. The number of carbonyl (C=O) groups excluding carboxylic acids is 1. The number of hydrogen-bond donors (Lipinski definition) is 0. The zero-order valence-corrected chi connectivity index (χ0v) is 16.4. The molecule has 150 valence electrons. The molecule has 0 radical (unpaired) electrons. The minimum Gasteiger partial charge on any atom is -0.483 e. The van der Waals surface area contributed by atoms with Crippen molar-refractivity contribution in [3.05, 3.63) is 89.0 Å². The number of aryl methyl sites for hydroxylation is 2. The molecule has 0 aliphatic rings.